The van der Waals surface area contributed by atoms with Gasteiger partial charge in [-0.3, -0.25) is 0 Å². The SMILES string of the molecule is O=C(Nc1ccc(N2CCOCC2)nc1)N1CCN(c2ncccn2)CC1. The zero-order valence-electron chi connectivity index (χ0n) is 15.1. The molecule has 2 aromatic heterocycles. The molecule has 2 fully saturated rings. The molecule has 0 aliphatic carbocycles. The number of amides is 2. The lowest BCUT2D eigenvalue weighted by molar-refractivity contribution is 0.122. The lowest BCUT2D eigenvalue weighted by atomic mass is 10.3. The number of ether oxygens (including phenoxy) is 1. The molecule has 0 atom stereocenters. The van der Waals surface area contributed by atoms with Crippen LogP contribution in [0.4, 0.5) is 22.2 Å². The molecule has 2 aliphatic heterocycles. The Bertz CT molecular complexity index is 742. The number of anilines is 3. The predicted molar refractivity (Wildman–Crippen MR) is 102 cm³/mol. The average molecular weight is 369 g/mol. The zero-order valence-corrected chi connectivity index (χ0v) is 15.1. The Hall–Kier alpha value is -2.94. The molecule has 0 unspecified atom stereocenters. The van der Waals surface area contributed by atoms with Crippen molar-refractivity contribution in [1.29, 1.82) is 0 Å². The summed E-state index contributed by atoms with van der Waals surface area (Å²) in [6.07, 6.45) is 5.17. The van der Waals surface area contributed by atoms with E-state index in [-0.39, 0.29) is 6.03 Å². The van der Waals surface area contributed by atoms with Gasteiger partial charge < -0.3 is 24.8 Å². The van der Waals surface area contributed by atoms with Gasteiger partial charge in [0.2, 0.25) is 5.95 Å². The first-order chi connectivity index (χ1) is 13.3. The van der Waals surface area contributed by atoms with E-state index in [1.807, 2.05) is 12.1 Å². The number of hydrogen-bond donors (Lipinski definition) is 1. The largest absolute Gasteiger partial charge is 0.378 e. The van der Waals surface area contributed by atoms with E-state index < -0.39 is 0 Å². The van der Waals surface area contributed by atoms with Gasteiger partial charge in [0.15, 0.2) is 0 Å². The molecule has 142 valence electrons. The van der Waals surface area contributed by atoms with E-state index in [1.54, 1.807) is 29.6 Å². The third-order valence-electron chi connectivity index (χ3n) is 4.74. The van der Waals surface area contributed by atoms with E-state index in [0.717, 1.165) is 32.1 Å². The Balaban J connectivity index is 1.29. The van der Waals surface area contributed by atoms with Gasteiger partial charge in [0.05, 0.1) is 25.1 Å². The summed E-state index contributed by atoms with van der Waals surface area (Å²) in [5, 5.41) is 2.93. The summed E-state index contributed by atoms with van der Waals surface area (Å²) in [5.41, 5.74) is 0.700. The average Bonchev–Trinajstić information content (AvgIpc) is 2.76. The van der Waals surface area contributed by atoms with E-state index in [4.69, 9.17) is 4.74 Å². The molecule has 0 radical (unpaired) electrons. The molecule has 9 nitrogen and oxygen atoms in total. The normalized spacial score (nSPS) is 17.7. The number of nitrogens with zero attached hydrogens (tertiary/aromatic N) is 6. The summed E-state index contributed by atoms with van der Waals surface area (Å²) in [6.45, 7) is 5.81. The van der Waals surface area contributed by atoms with Crippen molar-refractivity contribution < 1.29 is 9.53 Å². The van der Waals surface area contributed by atoms with Crippen molar-refractivity contribution in [3.8, 4) is 0 Å². The molecule has 2 saturated heterocycles. The summed E-state index contributed by atoms with van der Waals surface area (Å²) in [5.74, 6) is 1.62. The Morgan fingerprint density at radius 2 is 1.67 bits per heavy atom. The molecular formula is C18H23N7O2. The molecule has 0 bridgehead atoms. The van der Waals surface area contributed by atoms with Crippen molar-refractivity contribution >= 4 is 23.5 Å². The highest BCUT2D eigenvalue weighted by molar-refractivity contribution is 5.89. The second-order valence-corrected chi connectivity index (χ2v) is 6.46. The van der Waals surface area contributed by atoms with Gasteiger partial charge >= 0.3 is 6.03 Å². The zero-order chi connectivity index (χ0) is 18.5. The van der Waals surface area contributed by atoms with Crippen LogP contribution in [-0.4, -0.2) is 78.4 Å². The summed E-state index contributed by atoms with van der Waals surface area (Å²) < 4.78 is 5.36. The number of morpholine rings is 1. The summed E-state index contributed by atoms with van der Waals surface area (Å²) >= 11 is 0. The van der Waals surface area contributed by atoms with Crippen LogP contribution in [0.2, 0.25) is 0 Å². The molecule has 27 heavy (non-hydrogen) atoms. The maximum absolute atomic E-state index is 12.5. The first-order valence-corrected chi connectivity index (χ1v) is 9.16. The van der Waals surface area contributed by atoms with Gasteiger partial charge in [0.25, 0.3) is 0 Å². The fraction of sp³-hybridized carbons (Fsp3) is 0.444. The summed E-state index contributed by atoms with van der Waals surface area (Å²) in [4.78, 5) is 31.6. The van der Waals surface area contributed by atoms with Gasteiger partial charge in [-0.05, 0) is 18.2 Å². The summed E-state index contributed by atoms with van der Waals surface area (Å²) in [6, 6.07) is 5.52. The maximum atomic E-state index is 12.5. The van der Waals surface area contributed by atoms with E-state index in [0.29, 0.717) is 37.8 Å². The van der Waals surface area contributed by atoms with Gasteiger partial charge in [0.1, 0.15) is 5.82 Å². The van der Waals surface area contributed by atoms with Crippen molar-refractivity contribution in [2.75, 3.05) is 67.6 Å². The van der Waals surface area contributed by atoms with Crippen molar-refractivity contribution in [1.82, 2.24) is 19.9 Å². The molecule has 9 heteroatoms. The third-order valence-corrected chi connectivity index (χ3v) is 4.74. The molecule has 1 N–H and O–H groups in total. The monoisotopic (exact) mass is 369 g/mol. The minimum atomic E-state index is -0.107. The Morgan fingerprint density at radius 3 is 2.33 bits per heavy atom. The molecule has 2 aromatic rings. The summed E-state index contributed by atoms with van der Waals surface area (Å²) in [7, 11) is 0. The molecular weight excluding hydrogens is 346 g/mol. The fourth-order valence-corrected chi connectivity index (χ4v) is 3.21. The third kappa shape index (κ3) is 4.25. The standard InChI is InChI=1S/C18H23N7O2/c26-18(25-8-6-24(7-9-25)17-19-4-1-5-20-17)22-15-2-3-16(21-14-15)23-10-12-27-13-11-23/h1-5,14H,6-13H2,(H,22,26). The van der Waals surface area contributed by atoms with E-state index in [9.17, 15) is 4.79 Å². The molecule has 4 heterocycles. The molecule has 0 spiro atoms. The first-order valence-electron chi connectivity index (χ1n) is 9.16. The van der Waals surface area contributed by atoms with E-state index in [1.165, 1.54) is 0 Å². The maximum Gasteiger partial charge on any atom is 0.322 e. The van der Waals surface area contributed by atoms with Crippen molar-refractivity contribution in [2.24, 2.45) is 0 Å². The van der Waals surface area contributed by atoms with Crippen LogP contribution in [0.1, 0.15) is 0 Å². The van der Waals surface area contributed by atoms with E-state index in [2.05, 4.69) is 30.1 Å². The first kappa shape index (κ1) is 17.5. The van der Waals surface area contributed by atoms with Crippen LogP contribution in [0, 0.1) is 0 Å². The van der Waals surface area contributed by atoms with Crippen LogP contribution in [0.25, 0.3) is 0 Å². The number of urea groups is 1. The van der Waals surface area contributed by atoms with Gasteiger partial charge in [0, 0.05) is 51.7 Å². The number of carbonyl (C=O) groups is 1. The Labute approximate surface area is 158 Å². The minimum absolute atomic E-state index is 0.107. The van der Waals surface area contributed by atoms with Gasteiger partial charge in [-0.1, -0.05) is 0 Å². The number of piperazine rings is 1. The van der Waals surface area contributed by atoms with Crippen LogP contribution in [0.15, 0.2) is 36.8 Å². The number of aromatic nitrogens is 3. The predicted octanol–water partition coefficient (Wildman–Crippen LogP) is 1.06. The molecule has 0 aromatic carbocycles. The lowest BCUT2D eigenvalue weighted by Crippen LogP contribution is -2.50. The van der Waals surface area contributed by atoms with Crippen molar-refractivity contribution in [3.63, 3.8) is 0 Å². The highest BCUT2D eigenvalue weighted by Gasteiger charge is 2.22. The number of hydrogen-bond acceptors (Lipinski definition) is 7. The van der Waals surface area contributed by atoms with Gasteiger partial charge in [-0.2, -0.15) is 0 Å². The molecule has 0 saturated carbocycles. The van der Waals surface area contributed by atoms with Crippen LogP contribution in [-0.2, 0) is 4.74 Å². The lowest BCUT2D eigenvalue weighted by Gasteiger charge is -2.34. The van der Waals surface area contributed by atoms with Crippen molar-refractivity contribution in [3.05, 3.63) is 36.8 Å². The molecule has 4 rings (SSSR count). The fourth-order valence-electron chi connectivity index (χ4n) is 3.21. The van der Waals surface area contributed by atoms with Crippen LogP contribution in [0.5, 0.6) is 0 Å². The topological polar surface area (TPSA) is 86.7 Å². The van der Waals surface area contributed by atoms with Gasteiger partial charge in [-0.15, -0.1) is 0 Å². The quantitative estimate of drug-likeness (QED) is 0.866. The van der Waals surface area contributed by atoms with Gasteiger partial charge in [-0.25, -0.2) is 19.7 Å². The van der Waals surface area contributed by atoms with Crippen molar-refractivity contribution in [2.45, 2.75) is 0 Å². The van der Waals surface area contributed by atoms with Crippen LogP contribution in [0.3, 0.4) is 0 Å². The highest BCUT2D eigenvalue weighted by atomic mass is 16.5. The Kier molecular flexibility index (Phi) is 5.29. The van der Waals surface area contributed by atoms with Crippen LogP contribution < -0.4 is 15.1 Å². The smallest absolute Gasteiger partial charge is 0.322 e. The number of nitrogens with one attached hydrogen (secondary N) is 1. The number of pyridine rings is 1. The number of rotatable bonds is 3. The number of carbonyl (C=O) groups excluding carboxylic acids is 1. The minimum Gasteiger partial charge on any atom is -0.378 e. The molecule has 2 aliphatic rings. The highest BCUT2D eigenvalue weighted by Crippen LogP contribution is 2.16. The second-order valence-electron chi connectivity index (χ2n) is 6.46. The second kappa shape index (κ2) is 8.17. The van der Waals surface area contributed by atoms with E-state index >= 15 is 0 Å². The Morgan fingerprint density at radius 1 is 0.926 bits per heavy atom. The van der Waals surface area contributed by atoms with Crippen LogP contribution >= 0.6 is 0 Å². The molecule has 2 amide bonds.